The Morgan fingerprint density at radius 3 is 2.72 bits per heavy atom. The number of H-pyrrole nitrogens is 1. The van der Waals surface area contributed by atoms with E-state index in [2.05, 4.69) is 20.3 Å². The number of hydrogen-bond donors (Lipinski definition) is 2. The third kappa shape index (κ3) is 4.92. The van der Waals surface area contributed by atoms with Crippen molar-refractivity contribution in [3.05, 3.63) is 63.3 Å². The summed E-state index contributed by atoms with van der Waals surface area (Å²) < 4.78 is 1.96. The first kappa shape index (κ1) is 22.6. The maximum absolute atomic E-state index is 12.6. The highest BCUT2D eigenvalue weighted by Gasteiger charge is 2.16. The van der Waals surface area contributed by atoms with Crippen LogP contribution in [0.4, 0.5) is 5.69 Å². The zero-order chi connectivity index (χ0) is 22.8. The Morgan fingerprint density at radius 2 is 2.03 bits per heavy atom. The van der Waals surface area contributed by atoms with Gasteiger partial charge in [-0.25, -0.2) is 9.97 Å². The summed E-state index contributed by atoms with van der Waals surface area (Å²) in [6.07, 6.45) is 3.67. The highest BCUT2D eigenvalue weighted by molar-refractivity contribution is 7.99. The number of fused-ring (bicyclic) bond motifs is 1. The molecule has 1 unspecified atom stereocenters. The number of amides is 1. The SMILES string of the molecule is Cc1sc2nc(CSC(C)C(=O)Nc3ccc(Sc4nccn4C)cc3)[nH]c(=O)c2c1C. The molecule has 3 aromatic heterocycles. The number of aromatic nitrogens is 4. The molecule has 4 rings (SSSR count). The zero-order valence-electron chi connectivity index (χ0n) is 18.1. The van der Waals surface area contributed by atoms with Gasteiger partial charge in [0.1, 0.15) is 10.7 Å². The van der Waals surface area contributed by atoms with E-state index in [1.807, 2.05) is 62.8 Å². The standard InChI is InChI=1S/C22H23N5O2S3/c1-12-13(2)31-21-18(12)20(29)25-17(26-21)11-30-14(3)19(28)24-15-5-7-16(8-6-15)32-22-23-9-10-27(22)4/h5-10,14H,11H2,1-4H3,(H,24,28)(H,25,26,29). The van der Waals surface area contributed by atoms with Crippen LogP contribution in [0.25, 0.3) is 10.2 Å². The lowest BCUT2D eigenvalue weighted by Crippen LogP contribution is -2.23. The van der Waals surface area contributed by atoms with Gasteiger partial charge in [-0.2, -0.15) is 0 Å². The summed E-state index contributed by atoms with van der Waals surface area (Å²) in [5.74, 6) is 0.949. The van der Waals surface area contributed by atoms with Crippen LogP contribution in [0, 0.1) is 13.8 Å². The lowest BCUT2D eigenvalue weighted by molar-refractivity contribution is -0.115. The quantitative estimate of drug-likeness (QED) is 0.393. The summed E-state index contributed by atoms with van der Waals surface area (Å²) in [4.78, 5) is 39.7. The number of rotatable bonds is 7. The number of nitrogens with zero attached hydrogens (tertiary/aromatic N) is 3. The fraction of sp³-hybridized carbons (Fsp3) is 0.273. The van der Waals surface area contributed by atoms with Crippen LogP contribution >= 0.6 is 34.9 Å². The van der Waals surface area contributed by atoms with Crippen LogP contribution in [0.15, 0.2) is 51.5 Å². The van der Waals surface area contributed by atoms with Gasteiger partial charge in [-0.1, -0.05) is 11.8 Å². The molecule has 0 fully saturated rings. The minimum absolute atomic E-state index is 0.0919. The van der Waals surface area contributed by atoms with Gasteiger partial charge in [-0.05, 0) is 50.6 Å². The fourth-order valence-electron chi connectivity index (χ4n) is 3.05. The number of imidazole rings is 1. The summed E-state index contributed by atoms with van der Waals surface area (Å²) in [6, 6.07) is 7.69. The summed E-state index contributed by atoms with van der Waals surface area (Å²) >= 11 is 4.53. The number of thioether (sulfide) groups is 1. The Hall–Kier alpha value is -2.56. The van der Waals surface area contributed by atoms with Crippen LogP contribution in [0.2, 0.25) is 0 Å². The number of aryl methyl sites for hydroxylation is 3. The molecule has 1 amide bonds. The number of hydrogen-bond acceptors (Lipinski definition) is 7. The number of carbonyl (C=O) groups excluding carboxylic acids is 1. The molecule has 0 bridgehead atoms. The molecule has 0 aliphatic heterocycles. The van der Waals surface area contributed by atoms with Crippen molar-refractivity contribution >= 4 is 56.7 Å². The molecule has 4 aromatic rings. The van der Waals surface area contributed by atoms with Gasteiger partial charge < -0.3 is 14.9 Å². The van der Waals surface area contributed by atoms with Crippen LogP contribution < -0.4 is 10.9 Å². The molecule has 1 atom stereocenters. The molecule has 0 aliphatic carbocycles. The first-order chi connectivity index (χ1) is 15.3. The number of carbonyl (C=O) groups is 1. The minimum Gasteiger partial charge on any atom is -0.329 e. The monoisotopic (exact) mass is 485 g/mol. The Kier molecular flexibility index (Phi) is 6.73. The van der Waals surface area contributed by atoms with Gasteiger partial charge in [-0.15, -0.1) is 23.1 Å². The maximum atomic E-state index is 12.6. The first-order valence-corrected chi connectivity index (χ1v) is 12.7. The third-order valence-corrected chi connectivity index (χ3v) is 8.37. The largest absolute Gasteiger partial charge is 0.329 e. The highest BCUT2D eigenvalue weighted by atomic mass is 32.2. The average Bonchev–Trinajstić information content (AvgIpc) is 3.29. The summed E-state index contributed by atoms with van der Waals surface area (Å²) in [5.41, 5.74) is 1.60. The third-order valence-electron chi connectivity index (χ3n) is 5.04. The fourth-order valence-corrected chi connectivity index (χ4v) is 5.66. The molecule has 7 nitrogen and oxygen atoms in total. The molecule has 2 N–H and O–H groups in total. The predicted octanol–water partition coefficient (Wildman–Crippen LogP) is 4.75. The average molecular weight is 486 g/mol. The smallest absolute Gasteiger partial charge is 0.259 e. The molecule has 0 aliphatic rings. The number of anilines is 1. The molecule has 32 heavy (non-hydrogen) atoms. The first-order valence-electron chi connectivity index (χ1n) is 9.98. The Morgan fingerprint density at radius 1 is 1.28 bits per heavy atom. The number of benzene rings is 1. The van der Waals surface area contributed by atoms with Crippen molar-refractivity contribution in [3.63, 3.8) is 0 Å². The van der Waals surface area contributed by atoms with E-state index in [0.717, 1.165) is 31.0 Å². The van der Waals surface area contributed by atoms with E-state index >= 15 is 0 Å². The van der Waals surface area contributed by atoms with Gasteiger partial charge in [0.05, 0.1) is 16.4 Å². The summed E-state index contributed by atoms with van der Waals surface area (Å²) in [7, 11) is 1.95. The predicted molar refractivity (Wildman–Crippen MR) is 133 cm³/mol. The van der Waals surface area contributed by atoms with E-state index in [0.29, 0.717) is 17.0 Å². The van der Waals surface area contributed by atoms with Crippen molar-refractivity contribution in [1.29, 1.82) is 0 Å². The van der Waals surface area contributed by atoms with Gasteiger partial charge >= 0.3 is 0 Å². The molecular weight excluding hydrogens is 462 g/mol. The molecule has 0 spiro atoms. The Balaban J connectivity index is 1.34. The van der Waals surface area contributed by atoms with Gasteiger partial charge in [0.15, 0.2) is 5.16 Å². The summed E-state index contributed by atoms with van der Waals surface area (Å²) in [6.45, 7) is 5.78. The van der Waals surface area contributed by atoms with Crippen molar-refractivity contribution in [2.24, 2.45) is 7.05 Å². The second kappa shape index (κ2) is 9.51. The zero-order valence-corrected chi connectivity index (χ0v) is 20.6. The second-order valence-electron chi connectivity index (χ2n) is 7.37. The molecule has 10 heteroatoms. The lowest BCUT2D eigenvalue weighted by atomic mass is 10.2. The van der Waals surface area contributed by atoms with E-state index in [9.17, 15) is 9.59 Å². The highest BCUT2D eigenvalue weighted by Crippen LogP contribution is 2.28. The van der Waals surface area contributed by atoms with E-state index in [4.69, 9.17) is 0 Å². The normalized spacial score (nSPS) is 12.2. The minimum atomic E-state index is -0.301. The summed E-state index contributed by atoms with van der Waals surface area (Å²) in [5, 5.41) is 4.22. The van der Waals surface area contributed by atoms with Crippen LogP contribution in [0.1, 0.15) is 23.2 Å². The molecule has 166 valence electrons. The van der Waals surface area contributed by atoms with E-state index < -0.39 is 0 Å². The molecule has 0 saturated heterocycles. The Bertz CT molecular complexity index is 1320. The van der Waals surface area contributed by atoms with Gasteiger partial charge in [0, 0.05) is 34.9 Å². The van der Waals surface area contributed by atoms with Gasteiger partial charge in [-0.3, -0.25) is 9.59 Å². The van der Waals surface area contributed by atoms with Gasteiger partial charge in [0.25, 0.3) is 5.56 Å². The maximum Gasteiger partial charge on any atom is 0.259 e. The van der Waals surface area contributed by atoms with Crippen molar-refractivity contribution in [3.8, 4) is 0 Å². The van der Waals surface area contributed by atoms with Crippen LogP contribution in [0.5, 0.6) is 0 Å². The molecule has 3 heterocycles. The molecule has 0 radical (unpaired) electrons. The van der Waals surface area contributed by atoms with Crippen LogP contribution in [-0.2, 0) is 17.6 Å². The van der Waals surface area contributed by atoms with Crippen LogP contribution in [-0.4, -0.2) is 30.7 Å². The molecule has 0 saturated carbocycles. The van der Waals surface area contributed by atoms with Crippen LogP contribution in [0.3, 0.4) is 0 Å². The second-order valence-corrected chi connectivity index (χ2v) is 10.9. The van der Waals surface area contributed by atoms with Crippen molar-refractivity contribution < 1.29 is 4.79 Å². The van der Waals surface area contributed by atoms with E-state index in [-0.39, 0.29) is 16.7 Å². The van der Waals surface area contributed by atoms with Crippen molar-refractivity contribution in [2.75, 3.05) is 5.32 Å². The molecule has 1 aromatic carbocycles. The number of aromatic amines is 1. The Labute approximate surface area is 198 Å². The molecular formula is C22H23N5O2S3. The van der Waals surface area contributed by atoms with E-state index in [1.54, 1.807) is 18.0 Å². The van der Waals surface area contributed by atoms with Crippen molar-refractivity contribution in [1.82, 2.24) is 19.5 Å². The number of nitrogens with one attached hydrogen (secondary N) is 2. The van der Waals surface area contributed by atoms with Gasteiger partial charge in [0.2, 0.25) is 5.91 Å². The lowest BCUT2D eigenvalue weighted by Gasteiger charge is -2.12. The van der Waals surface area contributed by atoms with E-state index in [1.165, 1.54) is 23.1 Å². The van der Waals surface area contributed by atoms with Crippen molar-refractivity contribution in [2.45, 2.75) is 41.8 Å². The topological polar surface area (TPSA) is 92.7 Å². The number of thiophene rings is 1.